The molecule has 0 bridgehead atoms. The quantitative estimate of drug-likeness (QED) is 0.176. The van der Waals surface area contributed by atoms with E-state index in [1.807, 2.05) is 39.8 Å². The van der Waals surface area contributed by atoms with Crippen molar-refractivity contribution in [2.75, 3.05) is 13.1 Å². The number of carbonyl (C=O) groups is 3. The van der Waals surface area contributed by atoms with Crippen LogP contribution in [0.4, 0.5) is 4.79 Å². The third-order valence-electron chi connectivity index (χ3n) is 7.09. The van der Waals surface area contributed by atoms with Gasteiger partial charge in [-0.2, -0.15) is 0 Å². The number of hydrogen-bond donors (Lipinski definition) is 2. The fraction of sp³-hybridized carbons (Fsp3) is 0.735. The van der Waals surface area contributed by atoms with Gasteiger partial charge in [0.25, 0.3) is 0 Å². The van der Waals surface area contributed by atoms with Gasteiger partial charge in [0.1, 0.15) is 17.7 Å². The van der Waals surface area contributed by atoms with Gasteiger partial charge in [0.05, 0.1) is 0 Å². The van der Waals surface area contributed by atoms with Crippen LogP contribution >= 0.6 is 0 Å². The van der Waals surface area contributed by atoms with Gasteiger partial charge in [0.2, 0.25) is 11.8 Å². The summed E-state index contributed by atoms with van der Waals surface area (Å²) in [5.41, 5.74) is 2.21. The number of amides is 3. The molecule has 1 aromatic carbocycles. The Morgan fingerprint density at radius 2 is 1.51 bits per heavy atom. The lowest BCUT2D eigenvalue weighted by atomic mass is 9.95. The molecule has 234 valence electrons. The van der Waals surface area contributed by atoms with Crippen molar-refractivity contribution in [2.45, 2.75) is 144 Å². The van der Waals surface area contributed by atoms with Crippen LogP contribution in [0.3, 0.4) is 0 Å². The maximum atomic E-state index is 14.4. The van der Waals surface area contributed by atoms with Crippen molar-refractivity contribution in [2.24, 2.45) is 5.92 Å². The molecule has 0 aliphatic carbocycles. The minimum absolute atomic E-state index is 0.150. The zero-order valence-corrected chi connectivity index (χ0v) is 27.5. The minimum atomic E-state index is -0.800. The van der Waals surface area contributed by atoms with Gasteiger partial charge >= 0.3 is 6.09 Å². The summed E-state index contributed by atoms with van der Waals surface area (Å²) < 4.78 is 5.52. The van der Waals surface area contributed by atoms with E-state index in [9.17, 15) is 14.4 Å². The molecule has 2 N–H and O–H groups in total. The van der Waals surface area contributed by atoms with Crippen LogP contribution in [0.25, 0.3) is 0 Å². The van der Waals surface area contributed by atoms with Gasteiger partial charge in [-0.3, -0.25) is 9.59 Å². The molecule has 0 saturated carbocycles. The van der Waals surface area contributed by atoms with E-state index in [2.05, 4.69) is 30.5 Å². The highest BCUT2D eigenvalue weighted by Crippen LogP contribution is 2.28. The third-order valence-corrected chi connectivity index (χ3v) is 7.09. The van der Waals surface area contributed by atoms with E-state index in [1.165, 1.54) is 19.3 Å². The van der Waals surface area contributed by atoms with Crippen molar-refractivity contribution < 1.29 is 19.1 Å². The lowest BCUT2D eigenvalue weighted by molar-refractivity contribution is -0.143. The maximum absolute atomic E-state index is 14.4. The van der Waals surface area contributed by atoms with Crippen molar-refractivity contribution in [1.29, 1.82) is 0 Å². The Morgan fingerprint density at radius 1 is 0.902 bits per heavy atom. The van der Waals surface area contributed by atoms with Crippen LogP contribution < -0.4 is 10.6 Å². The van der Waals surface area contributed by atoms with Crippen molar-refractivity contribution >= 4 is 17.9 Å². The Hall–Kier alpha value is -2.57. The molecule has 0 fully saturated rings. The number of alkyl carbamates (subject to hydrolysis) is 1. The molecule has 0 aliphatic rings. The Morgan fingerprint density at radius 3 is 2.10 bits per heavy atom. The predicted molar refractivity (Wildman–Crippen MR) is 169 cm³/mol. The lowest BCUT2D eigenvalue weighted by Gasteiger charge is -2.35. The van der Waals surface area contributed by atoms with Gasteiger partial charge in [0.15, 0.2) is 0 Å². The Balaban J connectivity index is 3.47. The van der Waals surface area contributed by atoms with Crippen LogP contribution in [0.15, 0.2) is 18.2 Å². The van der Waals surface area contributed by atoms with Crippen LogP contribution in [0.2, 0.25) is 0 Å². The number of unbranched alkanes of at least 4 members (excludes halogenated alkanes) is 7. The van der Waals surface area contributed by atoms with Gasteiger partial charge in [-0.1, -0.05) is 96.4 Å². The smallest absolute Gasteiger partial charge is 0.408 e. The second-order valence-electron chi connectivity index (χ2n) is 12.9. The van der Waals surface area contributed by atoms with Gasteiger partial charge in [-0.25, -0.2) is 4.79 Å². The molecule has 0 aromatic heterocycles. The van der Waals surface area contributed by atoms with Crippen molar-refractivity contribution in [3.8, 4) is 0 Å². The summed E-state index contributed by atoms with van der Waals surface area (Å²) in [5, 5.41) is 5.97. The zero-order chi connectivity index (χ0) is 31.0. The van der Waals surface area contributed by atoms with Crippen LogP contribution in [0.5, 0.6) is 0 Å². The van der Waals surface area contributed by atoms with E-state index >= 15 is 0 Å². The topological polar surface area (TPSA) is 87.7 Å². The van der Waals surface area contributed by atoms with Gasteiger partial charge in [-0.05, 0) is 70.9 Å². The average molecular weight is 574 g/mol. The minimum Gasteiger partial charge on any atom is -0.444 e. The highest BCUT2D eigenvalue weighted by Gasteiger charge is 2.36. The molecule has 1 aromatic rings. The molecule has 0 aliphatic heterocycles. The average Bonchev–Trinajstić information content (AvgIpc) is 2.86. The molecule has 2 atom stereocenters. The highest BCUT2D eigenvalue weighted by molar-refractivity contribution is 5.92. The molecule has 41 heavy (non-hydrogen) atoms. The van der Waals surface area contributed by atoms with E-state index in [0.717, 1.165) is 55.2 Å². The third kappa shape index (κ3) is 14.2. The van der Waals surface area contributed by atoms with E-state index in [0.29, 0.717) is 19.5 Å². The number of benzene rings is 1. The van der Waals surface area contributed by atoms with Crippen LogP contribution in [-0.2, 0) is 14.3 Å². The molecule has 0 spiro atoms. The SMILES string of the molecule is CCCCCCCCN(C(=O)C(CC(C)C)NC(=O)OC(C)(C)C)C(C(=O)NCCCCC)c1ccc(C)cc1C. The zero-order valence-electron chi connectivity index (χ0n) is 27.5. The predicted octanol–water partition coefficient (Wildman–Crippen LogP) is 7.78. The second kappa shape index (κ2) is 18.8. The molecule has 0 saturated heterocycles. The van der Waals surface area contributed by atoms with E-state index < -0.39 is 23.8 Å². The number of carbonyl (C=O) groups excluding carboxylic acids is 3. The summed E-state index contributed by atoms with van der Waals surface area (Å²) in [7, 11) is 0. The van der Waals surface area contributed by atoms with Gasteiger partial charge in [0, 0.05) is 13.1 Å². The number of hydrogen-bond acceptors (Lipinski definition) is 4. The molecule has 1 rings (SSSR count). The van der Waals surface area contributed by atoms with Gasteiger partial charge < -0.3 is 20.3 Å². The summed E-state index contributed by atoms with van der Waals surface area (Å²) >= 11 is 0. The van der Waals surface area contributed by atoms with Crippen LogP contribution in [0.1, 0.15) is 135 Å². The first-order chi connectivity index (χ1) is 19.3. The summed E-state index contributed by atoms with van der Waals surface area (Å²) in [4.78, 5) is 42.8. The number of rotatable bonds is 18. The second-order valence-corrected chi connectivity index (χ2v) is 12.9. The van der Waals surface area contributed by atoms with Crippen LogP contribution in [-0.4, -0.2) is 47.5 Å². The number of aryl methyl sites for hydroxylation is 2. The molecule has 2 unspecified atom stereocenters. The number of ether oxygens (including phenoxy) is 1. The Labute approximate surface area is 250 Å². The molecule has 0 radical (unpaired) electrons. The first-order valence-electron chi connectivity index (χ1n) is 16.0. The number of nitrogens with one attached hydrogen (secondary N) is 2. The van der Waals surface area contributed by atoms with Crippen molar-refractivity contribution in [3.05, 3.63) is 34.9 Å². The maximum Gasteiger partial charge on any atom is 0.408 e. The fourth-order valence-corrected chi connectivity index (χ4v) is 5.04. The standard InChI is InChI=1S/C34H59N3O4/c1-10-12-14-15-16-18-22-37(32(39)29(23-25(3)4)36-33(40)41-34(7,8)9)30(31(38)35-21-17-13-11-2)28-20-19-26(5)24-27(28)6/h19-20,24-25,29-30H,10-18,21-23H2,1-9H3,(H,35,38)(H,36,40). The van der Waals surface area contributed by atoms with Gasteiger partial charge in [-0.15, -0.1) is 0 Å². The Bertz CT molecular complexity index is 938. The first-order valence-corrected chi connectivity index (χ1v) is 16.0. The summed E-state index contributed by atoms with van der Waals surface area (Å²) in [5.74, 6) is -0.267. The van der Waals surface area contributed by atoms with Crippen molar-refractivity contribution in [3.63, 3.8) is 0 Å². The summed E-state index contributed by atoms with van der Waals surface area (Å²) in [6, 6.07) is 4.45. The Kier molecular flexibility index (Phi) is 16.7. The molecule has 3 amide bonds. The van der Waals surface area contributed by atoms with E-state index in [4.69, 9.17) is 4.74 Å². The highest BCUT2D eigenvalue weighted by atomic mass is 16.6. The normalized spacial score (nSPS) is 13.0. The van der Waals surface area contributed by atoms with E-state index in [-0.39, 0.29) is 17.7 Å². The number of nitrogens with zero attached hydrogens (tertiary/aromatic N) is 1. The first kappa shape index (κ1) is 36.5. The van der Waals surface area contributed by atoms with Crippen molar-refractivity contribution in [1.82, 2.24) is 15.5 Å². The molecule has 7 heteroatoms. The largest absolute Gasteiger partial charge is 0.444 e. The summed E-state index contributed by atoms with van der Waals surface area (Å²) in [6.45, 7) is 18.8. The fourth-order valence-electron chi connectivity index (χ4n) is 5.04. The monoisotopic (exact) mass is 573 g/mol. The molecular weight excluding hydrogens is 514 g/mol. The molecule has 0 heterocycles. The summed E-state index contributed by atoms with van der Waals surface area (Å²) in [6.07, 6.45) is 9.22. The molecule has 7 nitrogen and oxygen atoms in total. The van der Waals surface area contributed by atoms with E-state index in [1.54, 1.807) is 25.7 Å². The molecular formula is C34H59N3O4. The van der Waals surface area contributed by atoms with Crippen LogP contribution in [0, 0.1) is 19.8 Å². The lowest BCUT2D eigenvalue weighted by Crippen LogP contribution is -2.53.